The SMILES string of the molecule is CC(C)(C)c1ccc(C(=O)OCC(=O)Nc2sc3c(c2C(N)=O)CCC3)cc1. The van der Waals surface area contributed by atoms with Crippen molar-refractivity contribution in [3.8, 4) is 0 Å². The molecule has 1 aromatic heterocycles. The fourth-order valence-electron chi connectivity index (χ4n) is 3.24. The molecule has 1 aliphatic rings. The summed E-state index contributed by atoms with van der Waals surface area (Å²) >= 11 is 1.37. The van der Waals surface area contributed by atoms with Crippen LogP contribution in [0.3, 0.4) is 0 Å². The summed E-state index contributed by atoms with van der Waals surface area (Å²) in [5, 5.41) is 3.10. The zero-order chi connectivity index (χ0) is 20.5. The molecule has 2 aromatic rings. The quantitative estimate of drug-likeness (QED) is 0.751. The number of carbonyl (C=O) groups is 3. The van der Waals surface area contributed by atoms with Gasteiger partial charge in [0.05, 0.1) is 11.1 Å². The highest BCUT2D eigenvalue weighted by atomic mass is 32.1. The van der Waals surface area contributed by atoms with Gasteiger partial charge in [-0.3, -0.25) is 9.59 Å². The summed E-state index contributed by atoms with van der Waals surface area (Å²) in [4.78, 5) is 37.2. The van der Waals surface area contributed by atoms with Crippen LogP contribution in [-0.4, -0.2) is 24.4 Å². The van der Waals surface area contributed by atoms with Crippen LogP contribution in [0.25, 0.3) is 0 Å². The third-order valence-corrected chi connectivity index (χ3v) is 5.95. The molecule has 7 heteroatoms. The number of fused-ring (bicyclic) bond motifs is 1. The molecule has 0 unspecified atom stereocenters. The summed E-state index contributed by atoms with van der Waals surface area (Å²) in [6.07, 6.45) is 2.66. The fourth-order valence-corrected chi connectivity index (χ4v) is 4.55. The number of primary amides is 1. The van der Waals surface area contributed by atoms with Crippen molar-refractivity contribution in [3.63, 3.8) is 0 Å². The van der Waals surface area contributed by atoms with E-state index in [0.717, 1.165) is 35.3 Å². The number of amides is 2. The van der Waals surface area contributed by atoms with Crippen molar-refractivity contribution in [1.29, 1.82) is 0 Å². The van der Waals surface area contributed by atoms with Crippen LogP contribution in [0.5, 0.6) is 0 Å². The van der Waals surface area contributed by atoms with Crippen molar-refractivity contribution in [2.24, 2.45) is 5.73 Å². The maximum Gasteiger partial charge on any atom is 0.338 e. The van der Waals surface area contributed by atoms with Gasteiger partial charge in [-0.2, -0.15) is 0 Å². The molecule has 2 amide bonds. The highest BCUT2D eigenvalue weighted by Gasteiger charge is 2.26. The second kappa shape index (κ2) is 7.75. The third-order valence-electron chi connectivity index (χ3n) is 4.74. The van der Waals surface area contributed by atoms with Crippen molar-refractivity contribution in [3.05, 3.63) is 51.4 Å². The Morgan fingerprint density at radius 3 is 2.43 bits per heavy atom. The van der Waals surface area contributed by atoms with Crippen molar-refractivity contribution in [2.45, 2.75) is 45.4 Å². The van der Waals surface area contributed by atoms with Gasteiger partial charge in [-0.1, -0.05) is 32.9 Å². The van der Waals surface area contributed by atoms with Gasteiger partial charge in [-0.15, -0.1) is 11.3 Å². The maximum atomic E-state index is 12.2. The van der Waals surface area contributed by atoms with E-state index < -0.39 is 24.4 Å². The van der Waals surface area contributed by atoms with Gasteiger partial charge < -0.3 is 15.8 Å². The average Bonchev–Trinajstić information content (AvgIpc) is 3.19. The Balaban J connectivity index is 1.60. The number of esters is 1. The smallest absolute Gasteiger partial charge is 0.338 e. The molecular weight excluding hydrogens is 376 g/mol. The molecule has 0 bridgehead atoms. The van der Waals surface area contributed by atoms with Crippen molar-refractivity contribution < 1.29 is 19.1 Å². The molecule has 0 saturated heterocycles. The van der Waals surface area contributed by atoms with Gasteiger partial charge in [0.1, 0.15) is 5.00 Å². The first-order chi connectivity index (χ1) is 13.2. The van der Waals surface area contributed by atoms with E-state index >= 15 is 0 Å². The first-order valence-electron chi connectivity index (χ1n) is 9.18. The molecule has 3 rings (SSSR count). The highest BCUT2D eigenvalue weighted by Crippen LogP contribution is 2.38. The number of aryl methyl sites for hydroxylation is 1. The Morgan fingerprint density at radius 1 is 1.14 bits per heavy atom. The van der Waals surface area contributed by atoms with Gasteiger partial charge in [0.2, 0.25) is 0 Å². The van der Waals surface area contributed by atoms with E-state index in [1.807, 2.05) is 12.1 Å². The average molecular weight is 401 g/mol. The lowest BCUT2D eigenvalue weighted by Gasteiger charge is -2.18. The van der Waals surface area contributed by atoms with Gasteiger partial charge in [-0.05, 0) is 47.9 Å². The number of hydrogen-bond donors (Lipinski definition) is 2. The van der Waals surface area contributed by atoms with Crippen LogP contribution < -0.4 is 11.1 Å². The molecule has 1 aliphatic carbocycles. The van der Waals surface area contributed by atoms with Crippen LogP contribution in [0.4, 0.5) is 5.00 Å². The first-order valence-corrected chi connectivity index (χ1v) is 10.0. The van der Waals surface area contributed by atoms with Crippen LogP contribution in [0.2, 0.25) is 0 Å². The summed E-state index contributed by atoms with van der Waals surface area (Å²) in [5.41, 5.74) is 8.27. The Kier molecular flexibility index (Phi) is 5.56. The first kappa shape index (κ1) is 20.1. The summed E-state index contributed by atoms with van der Waals surface area (Å²) in [6.45, 7) is 5.84. The van der Waals surface area contributed by atoms with Crippen LogP contribution in [0.1, 0.15) is 63.9 Å². The monoisotopic (exact) mass is 400 g/mol. The number of nitrogens with two attached hydrogens (primary N) is 1. The minimum absolute atomic E-state index is 0.0125. The normalized spacial score (nSPS) is 13.1. The van der Waals surface area contributed by atoms with Gasteiger partial charge in [-0.25, -0.2) is 4.79 Å². The molecule has 0 radical (unpaired) electrons. The standard InChI is InChI=1S/C21H24N2O4S/c1-21(2,3)13-9-7-12(8-10-13)20(26)27-11-16(24)23-19-17(18(22)25)14-5-4-6-15(14)28-19/h7-10H,4-6,11H2,1-3H3,(H2,22,25)(H,23,24). The number of benzene rings is 1. The minimum Gasteiger partial charge on any atom is -0.452 e. The van der Waals surface area contributed by atoms with E-state index in [4.69, 9.17) is 10.5 Å². The molecular formula is C21H24N2O4S. The Morgan fingerprint density at radius 2 is 1.82 bits per heavy atom. The number of nitrogens with one attached hydrogen (secondary N) is 1. The highest BCUT2D eigenvalue weighted by molar-refractivity contribution is 7.17. The molecule has 1 aromatic carbocycles. The Bertz CT molecular complexity index is 923. The molecule has 1 heterocycles. The summed E-state index contributed by atoms with van der Waals surface area (Å²) in [5.74, 6) is -1.62. The lowest BCUT2D eigenvalue weighted by atomic mass is 9.87. The van der Waals surface area contributed by atoms with Crippen LogP contribution in [0, 0.1) is 0 Å². The fraction of sp³-hybridized carbons (Fsp3) is 0.381. The van der Waals surface area contributed by atoms with Gasteiger partial charge in [0, 0.05) is 4.88 Å². The molecule has 6 nitrogen and oxygen atoms in total. The van der Waals surface area contributed by atoms with Crippen LogP contribution in [-0.2, 0) is 27.8 Å². The van der Waals surface area contributed by atoms with E-state index in [1.54, 1.807) is 12.1 Å². The van der Waals surface area contributed by atoms with E-state index in [0.29, 0.717) is 16.1 Å². The lowest BCUT2D eigenvalue weighted by Crippen LogP contribution is -2.22. The third kappa shape index (κ3) is 4.25. The van der Waals surface area contributed by atoms with Gasteiger partial charge >= 0.3 is 5.97 Å². The van der Waals surface area contributed by atoms with E-state index in [-0.39, 0.29) is 5.41 Å². The lowest BCUT2D eigenvalue weighted by molar-refractivity contribution is -0.119. The van der Waals surface area contributed by atoms with E-state index in [2.05, 4.69) is 26.1 Å². The maximum absolute atomic E-state index is 12.2. The Labute approximate surface area is 168 Å². The topological polar surface area (TPSA) is 98.5 Å². The number of ether oxygens (including phenoxy) is 1. The van der Waals surface area contributed by atoms with Crippen LogP contribution in [0.15, 0.2) is 24.3 Å². The van der Waals surface area contributed by atoms with Crippen LogP contribution >= 0.6 is 11.3 Å². The number of hydrogen-bond acceptors (Lipinski definition) is 5. The second-order valence-corrected chi connectivity index (χ2v) is 8.98. The number of carbonyl (C=O) groups excluding carboxylic acids is 3. The minimum atomic E-state index is -0.570. The largest absolute Gasteiger partial charge is 0.452 e. The number of thiophene rings is 1. The zero-order valence-electron chi connectivity index (χ0n) is 16.3. The van der Waals surface area contributed by atoms with Gasteiger partial charge in [0.25, 0.3) is 11.8 Å². The van der Waals surface area contributed by atoms with Gasteiger partial charge in [0.15, 0.2) is 6.61 Å². The predicted octanol–water partition coefficient (Wildman–Crippen LogP) is 3.43. The predicted molar refractivity (Wildman–Crippen MR) is 109 cm³/mol. The molecule has 28 heavy (non-hydrogen) atoms. The number of rotatable bonds is 5. The van der Waals surface area contributed by atoms with Crippen molar-refractivity contribution in [1.82, 2.24) is 0 Å². The number of anilines is 1. The molecule has 148 valence electrons. The van der Waals surface area contributed by atoms with Crippen molar-refractivity contribution >= 4 is 34.1 Å². The summed E-state index contributed by atoms with van der Waals surface area (Å²) in [6, 6.07) is 7.14. The Hall–Kier alpha value is -2.67. The molecule has 0 saturated carbocycles. The second-order valence-electron chi connectivity index (χ2n) is 7.88. The summed E-state index contributed by atoms with van der Waals surface area (Å²) in [7, 11) is 0. The van der Waals surface area contributed by atoms with E-state index in [1.165, 1.54) is 11.3 Å². The molecule has 0 atom stereocenters. The molecule has 0 fully saturated rings. The summed E-state index contributed by atoms with van der Waals surface area (Å²) < 4.78 is 5.10. The molecule has 0 aliphatic heterocycles. The van der Waals surface area contributed by atoms with E-state index in [9.17, 15) is 14.4 Å². The molecule has 3 N–H and O–H groups in total. The zero-order valence-corrected chi connectivity index (χ0v) is 17.1. The van der Waals surface area contributed by atoms with Crippen molar-refractivity contribution in [2.75, 3.05) is 11.9 Å². The molecule has 0 spiro atoms.